The van der Waals surface area contributed by atoms with Crippen molar-refractivity contribution in [1.82, 2.24) is 24.5 Å². The third kappa shape index (κ3) is 2.75. The topological polar surface area (TPSA) is 83.7 Å². The second-order valence-corrected chi connectivity index (χ2v) is 9.91. The van der Waals surface area contributed by atoms with E-state index in [1.165, 1.54) is 4.52 Å². The summed E-state index contributed by atoms with van der Waals surface area (Å²) in [5, 5.41) is 4.15. The van der Waals surface area contributed by atoms with Gasteiger partial charge in [-0.3, -0.25) is 4.31 Å². The minimum Gasteiger partial charge on any atom is -0.306 e. The third-order valence-corrected chi connectivity index (χ3v) is 7.61. The Morgan fingerprint density at radius 3 is 2.69 bits per heavy atom. The number of fused-ring (bicyclic) bond motifs is 4. The van der Waals surface area contributed by atoms with Gasteiger partial charge in [-0.05, 0) is 52.4 Å². The Kier molecular flexibility index (Phi) is 3.98. The molecule has 0 unspecified atom stereocenters. The zero-order valence-corrected chi connectivity index (χ0v) is 17.8. The number of likely N-dealkylation sites (N-methyl/N-ethyl adjacent to an activating group) is 1. The Balaban J connectivity index is 1.67. The fourth-order valence-electron chi connectivity index (χ4n) is 4.70. The maximum Gasteiger partial charge on any atom is 0.302 e. The highest BCUT2D eigenvalue weighted by molar-refractivity contribution is 7.92. The van der Waals surface area contributed by atoms with E-state index in [0.29, 0.717) is 11.5 Å². The zero-order valence-electron chi connectivity index (χ0n) is 17.0. The summed E-state index contributed by atoms with van der Waals surface area (Å²) in [7, 11) is -1.81. The molecule has 0 bridgehead atoms. The largest absolute Gasteiger partial charge is 0.306 e. The van der Waals surface area contributed by atoms with Crippen LogP contribution in [-0.2, 0) is 10.0 Å². The number of aromatic nitrogens is 4. The van der Waals surface area contributed by atoms with E-state index in [0.717, 1.165) is 42.0 Å². The normalized spacial score (nSPS) is 22.1. The van der Waals surface area contributed by atoms with Crippen molar-refractivity contribution in [3.05, 3.63) is 46.9 Å². The molecule has 9 heteroatoms. The molecule has 2 aliphatic heterocycles. The van der Waals surface area contributed by atoms with Crippen LogP contribution in [0.2, 0.25) is 0 Å². The molecule has 29 heavy (non-hydrogen) atoms. The molecule has 1 aromatic carbocycles. The maximum absolute atomic E-state index is 13.7. The fraction of sp³-hybridized carbons (Fsp3) is 0.450. The number of piperidine rings is 1. The van der Waals surface area contributed by atoms with Crippen LogP contribution in [0.15, 0.2) is 29.4 Å². The van der Waals surface area contributed by atoms with Gasteiger partial charge in [-0.1, -0.05) is 17.7 Å². The van der Waals surface area contributed by atoms with E-state index in [1.807, 2.05) is 26.0 Å². The Morgan fingerprint density at radius 1 is 1.10 bits per heavy atom. The van der Waals surface area contributed by atoms with E-state index in [2.05, 4.69) is 33.1 Å². The van der Waals surface area contributed by atoms with Gasteiger partial charge >= 0.3 is 10.0 Å². The number of hydrogen-bond donors (Lipinski definition) is 0. The van der Waals surface area contributed by atoms with Crippen molar-refractivity contribution in [2.45, 2.75) is 44.3 Å². The van der Waals surface area contributed by atoms with E-state index in [-0.39, 0.29) is 17.1 Å². The molecule has 8 nitrogen and oxygen atoms in total. The summed E-state index contributed by atoms with van der Waals surface area (Å²) in [6.45, 7) is 7.40. The number of sulfonamides is 1. The highest BCUT2D eigenvalue weighted by atomic mass is 32.2. The maximum atomic E-state index is 13.7. The lowest BCUT2D eigenvalue weighted by molar-refractivity contribution is 0.237. The number of aryl methyl sites for hydroxylation is 3. The van der Waals surface area contributed by atoms with Crippen molar-refractivity contribution in [2.24, 2.45) is 0 Å². The molecule has 0 amide bonds. The zero-order chi connectivity index (χ0) is 20.5. The molecule has 2 aliphatic rings. The SMILES string of the molecule is Cc1ccc2c(c1)[C@H]1CN(C)CC[C@H]1N2S(=O)(=O)c1nc2cc(C)nc(C)n2n1. The number of anilines is 1. The molecule has 3 aromatic rings. The van der Waals surface area contributed by atoms with Crippen molar-refractivity contribution < 1.29 is 8.42 Å². The second-order valence-electron chi connectivity index (χ2n) is 8.20. The summed E-state index contributed by atoms with van der Waals surface area (Å²) >= 11 is 0. The van der Waals surface area contributed by atoms with Crippen LogP contribution in [0.1, 0.15) is 35.0 Å². The molecule has 4 heterocycles. The summed E-state index contributed by atoms with van der Waals surface area (Å²) in [6.07, 6.45) is 0.779. The van der Waals surface area contributed by atoms with Gasteiger partial charge in [0.2, 0.25) is 0 Å². The first kappa shape index (κ1) is 18.5. The average molecular weight is 413 g/mol. The van der Waals surface area contributed by atoms with Crippen LogP contribution in [-0.4, -0.2) is 59.1 Å². The predicted molar refractivity (Wildman–Crippen MR) is 110 cm³/mol. The standard InChI is InChI=1S/C20H24N6O2S/c1-12-5-6-17-15(9-12)16-11-24(4)8-7-18(16)26(17)29(27,28)20-22-19-10-13(2)21-14(3)25(19)23-20/h5-6,9-10,16,18H,7-8,11H2,1-4H3/t16-,18-/m1/s1. The van der Waals surface area contributed by atoms with Crippen LogP contribution < -0.4 is 4.31 Å². The molecule has 0 saturated carbocycles. The van der Waals surface area contributed by atoms with E-state index >= 15 is 0 Å². The fourth-order valence-corrected chi connectivity index (χ4v) is 6.31. The van der Waals surface area contributed by atoms with Crippen molar-refractivity contribution in [3.8, 4) is 0 Å². The Labute approximate surface area is 170 Å². The summed E-state index contributed by atoms with van der Waals surface area (Å²) in [5.41, 5.74) is 4.27. The van der Waals surface area contributed by atoms with Crippen LogP contribution in [0.25, 0.3) is 5.65 Å². The lowest BCUT2D eigenvalue weighted by atomic mass is 9.89. The Bertz CT molecular complexity index is 1240. The van der Waals surface area contributed by atoms with E-state index in [4.69, 9.17) is 0 Å². The number of likely N-dealkylation sites (tertiary alicyclic amines) is 1. The van der Waals surface area contributed by atoms with Gasteiger partial charge < -0.3 is 4.90 Å². The number of nitrogens with zero attached hydrogens (tertiary/aromatic N) is 6. The third-order valence-electron chi connectivity index (χ3n) is 5.99. The van der Waals surface area contributed by atoms with E-state index < -0.39 is 10.0 Å². The minimum absolute atomic E-state index is 0.111. The van der Waals surface area contributed by atoms with Gasteiger partial charge in [-0.25, -0.2) is 4.98 Å². The van der Waals surface area contributed by atoms with Crippen LogP contribution in [0.5, 0.6) is 0 Å². The average Bonchev–Trinajstić information content (AvgIpc) is 3.21. The summed E-state index contributed by atoms with van der Waals surface area (Å²) in [5.74, 6) is 0.768. The monoisotopic (exact) mass is 412 g/mol. The molecule has 1 fully saturated rings. The Morgan fingerprint density at radius 2 is 1.90 bits per heavy atom. The molecular weight excluding hydrogens is 388 g/mol. The van der Waals surface area contributed by atoms with Gasteiger partial charge in [-0.2, -0.15) is 17.9 Å². The molecule has 0 N–H and O–H groups in total. The van der Waals surface area contributed by atoms with Crippen molar-refractivity contribution in [3.63, 3.8) is 0 Å². The molecule has 2 aromatic heterocycles. The van der Waals surface area contributed by atoms with E-state index in [9.17, 15) is 8.42 Å². The van der Waals surface area contributed by atoms with Crippen molar-refractivity contribution >= 4 is 21.4 Å². The summed E-state index contributed by atoms with van der Waals surface area (Å²) in [4.78, 5) is 11.0. The number of hydrogen-bond acceptors (Lipinski definition) is 6. The molecule has 0 radical (unpaired) electrons. The molecular formula is C20H24N6O2S. The quantitative estimate of drug-likeness (QED) is 0.641. The van der Waals surface area contributed by atoms with Gasteiger partial charge in [0.1, 0.15) is 5.82 Å². The highest BCUT2D eigenvalue weighted by Gasteiger charge is 2.47. The van der Waals surface area contributed by atoms with Crippen LogP contribution in [0.4, 0.5) is 5.69 Å². The van der Waals surface area contributed by atoms with Gasteiger partial charge in [0, 0.05) is 24.2 Å². The number of rotatable bonds is 2. The first-order valence-corrected chi connectivity index (χ1v) is 11.2. The molecule has 2 atom stereocenters. The molecule has 1 saturated heterocycles. The number of benzene rings is 1. The molecule has 0 aliphatic carbocycles. The smallest absolute Gasteiger partial charge is 0.302 e. The lowest BCUT2D eigenvalue weighted by Gasteiger charge is -2.36. The van der Waals surface area contributed by atoms with Crippen molar-refractivity contribution in [2.75, 3.05) is 24.4 Å². The van der Waals surface area contributed by atoms with Gasteiger partial charge in [0.05, 0.1) is 11.7 Å². The van der Waals surface area contributed by atoms with Crippen LogP contribution in [0, 0.1) is 20.8 Å². The van der Waals surface area contributed by atoms with E-state index in [1.54, 1.807) is 17.3 Å². The van der Waals surface area contributed by atoms with Crippen molar-refractivity contribution in [1.29, 1.82) is 0 Å². The predicted octanol–water partition coefficient (Wildman–Crippen LogP) is 2.05. The summed E-state index contributed by atoms with van der Waals surface area (Å²) in [6, 6.07) is 7.65. The van der Waals surface area contributed by atoms with Crippen LogP contribution in [0.3, 0.4) is 0 Å². The molecule has 152 valence electrons. The van der Waals surface area contributed by atoms with Crippen LogP contribution >= 0.6 is 0 Å². The highest BCUT2D eigenvalue weighted by Crippen LogP contribution is 2.47. The lowest BCUT2D eigenvalue weighted by Crippen LogP contribution is -2.47. The van der Waals surface area contributed by atoms with Gasteiger partial charge in [0.15, 0.2) is 5.65 Å². The van der Waals surface area contributed by atoms with Gasteiger partial charge in [0.25, 0.3) is 5.16 Å². The molecule has 5 rings (SSSR count). The second kappa shape index (κ2) is 6.24. The first-order chi connectivity index (χ1) is 13.8. The Hall–Kier alpha value is -2.52. The minimum atomic E-state index is -3.90. The van der Waals surface area contributed by atoms with Gasteiger partial charge in [-0.15, -0.1) is 5.10 Å². The first-order valence-electron chi connectivity index (χ1n) is 9.80. The molecule has 0 spiro atoms. The summed E-state index contributed by atoms with van der Waals surface area (Å²) < 4.78 is 30.5.